The van der Waals surface area contributed by atoms with E-state index in [1.807, 2.05) is 63.2 Å². The van der Waals surface area contributed by atoms with Crippen LogP contribution in [0.1, 0.15) is 29.5 Å². The second kappa shape index (κ2) is 6.89. The van der Waals surface area contributed by atoms with Gasteiger partial charge in [-0.15, -0.1) is 0 Å². The largest absolute Gasteiger partial charge is 0.321 e. The van der Waals surface area contributed by atoms with Crippen LogP contribution in [0.3, 0.4) is 0 Å². The molecule has 0 atom stereocenters. The summed E-state index contributed by atoms with van der Waals surface area (Å²) in [5.41, 5.74) is 4.91. The first-order valence-corrected chi connectivity index (χ1v) is 8.30. The lowest BCUT2D eigenvalue weighted by molar-refractivity contribution is -0.118. The summed E-state index contributed by atoms with van der Waals surface area (Å²) in [6.07, 6.45) is 0.616. The maximum atomic E-state index is 12.6. The number of hydrogen-bond acceptors (Lipinski definition) is 3. The third kappa shape index (κ3) is 3.76. The molecule has 0 unspecified atom stereocenters. The molecule has 1 heterocycles. The molecule has 0 fully saturated rings. The molecule has 0 radical (unpaired) electrons. The van der Waals surface area contributed by atoms with Gasteiger partial charge in [0.15, 0.2) is 0 Å². The second-order valence-corrected chi connectivity index (χ2v) is 6.36. The predicted octanol–water partition coefficient (Wildman–Crippen LogP) is 3.73. The van der Waals surface area contributed by atoms with Crippen molar-refractivity contribution in [1.82, 2.24) is 0 Å². The van der Waals surface area contributed by atoms with Gasteiger partial charge in [-0.2, -0.15) is 5.10 Å². The van der Waals surface area contributed by atoms with E-state index in [0.717, 1.165) is 22.4 Å². The fourth-order valence-electron chi connectivity index (χ4n) is 2.74. The van der Waals surface area contributed by atoms with Crippen LogP contribution in [0.2, 0.25) is 0 Å². The van der Waals surface area contributed by atoms with Crippen LogP contribution in [0.15, 0.2) is 47.6 Å². The lowest BCUT2D eigenvalue weighted by Crippen LogP contribution is -2.36. The molecule has 2 aromatic rings. The lowest BCUT2D eigenvalue weighted by Gasteiger charge is -2.23. The van der Waals surface area contributed by atoms with Crippen LogP contribution in [0, 0.1) is 20.8 Å². The highest BCUT2D eigenvalue weighted by Gasteiger charge is 2.25. The molecule has 1 N–H and O–H groups in total. The molecule has 2 amide bonds. The Morgan fingerprint density at radius 3 is 2.56 bits per heavy atom. The van der Waals surface area contributed by atoms with E-state index in [4.69, 9.17) is 0 Å². The van der Waals surface area contributed by atoms with Crippen molar-refractivity contribution in [1.29, 1.82) is 0 Å². The van der Waals surface area contributed by atoms with Gasteiger partial charge in [-0.05, 0) is 55.7 Å². The summed E-state index contributed by atoms with van der Waals surface area (Å²) in [6, 6.07) is 13.4. The first-order chi connectivity index (χ1) is 11.9. The maximum absolute atomic E-state index is 12.6. The standard InChI is InChI=1S/C20H21N3O2/c1-13-5-4-6-16(11-13)23-19(24)10-9-17(22-23)20(25)21-18-12-14(2)7-8-15(18)3/h4-8,11-12H,9-10H2,1-3H3,(H,21,25). The van der Waals surface area contributed by atoms with E-state index < -0.39 is 0 Å². The average Bonchev–Trinajstić information content (AvgIpc) is 2.58. The van der Waals surface area contributed by atoms with E-state index in [9.17, 15) is 9.59 Å². The van der Waals surface area contributed by atoms with Gasteiger partial charge in [-0.1, -0.05) is 24.3 Å². The molecule has 0 aliphatic carbocycles. The Morgan fingerprint density at radius 1 is 1.04 bits per heavy atom. The van der Waals surface area contributed by atoms with Gasteiger partial charge >= 0.3 is 0 Å². The number of nitrogens with zero attached hydrogens (tertiary/aromatic N) is 2. The van der Waals surface area contributed by atoms with Crippen LogP contribution < -0.4 is 10.3 Å². The topological polar surface area (TPSA) is 61.8 Å². The fraction of sp³-hybridized carbons (Fsp3) is 0.250. The quantitative estimate of drug-likeness (QED) is 0.929. The van der Waals surface area contributed by atoms with Gasteiger partial charge in [-0.3, -0.25) is 9.59 Å². The van der Waals surface area contributed by atoms with E-state index >= 15 is 0 Å². The number of carbonyl (C=O) groups excluding carboxylic acids is 2. The number of nitrogens with one attached hydrogen (secondary N) is 1. The van der Waals surface area contributed by atoms with Crippen molar-refractivity contribution in [2.75, 3.05) is 10.3 Å². The molecule has 0 saturated carbocycles. The molecule has 0 saturated heterocycles. The van der Waals surface area contributed by atoms with Crippen LogP contribution in [-0.2, 0) is 9.59 Å². The Labute approximate surface area is 147 Å². The fourth-order valence-corrected chi connectivity index (χ4v) is 2.74. The summed E-state index contributed by atoms with van der Waals surface area (Å²) in [6.45, 7) is 5.88. The molecule has 1 aliphatic rings. The minimum atomic E-state index is -0.265. The van der Waals surface area contributed by atoms with Gasteiger partial charge < -0.3 is 5.32 Å². The summed E-state index contributed by atoms with van der Waals surface area (Å²) >= 11 is 0. The second-order valence-electron chi connectivity index (χ2n) is 6.36. The average molecular weight is 335 g/mol. The number of hydrogen-bond donors (Lipinski definition) is 1. The molecule has 0 aromatic heterocycles. The third-order valence-corrected chi connectivity index (χ3v) is 4.18. The predicted molar refractivity (Wildman–Crippen MR) is 99.9 cm³/mol. The van der Waals surface area contributed by atoms with E-state index in [1.54, 1.807) is 0 Å². The van der Waals surface area contributed by atoms with Crippen molar-refractivity contribution < 1.29 is 9.59 Å². The summed E-state index contributed by atoms with van der Waals surface area (Å²) < 4.78 is 0. The van der Waals surface area contributed by atoms with Crippen LogP contribution in [0.4, 0.5) is 11.4 Å². The number of anilines is 2. The normalized spacial score (nSPS) is 14.3. The van der Waals surface area contributed by atoms with Crippen molar-refractivity contribution in [3.05, 3.63) is 59.2 Å². The van der Waals surface area contributed by atoms with E-state index in [0.29, 0.717) is 17.8 Å². The molecule has 128 valence electrons. The zero-order valence-corrected chi connectivity index (χ0v) is 14.7. The Kier molecular flexibility index (Phi) is 4.65. The van der Waals surface area contributed by atoms with Gasteiger partial charge in [0.05, 0.1) is 5.69 Å². The van der Waals surface area contributed by atoms with Crippen LogP contribution in [-0.4, -0.2) is 17.5 Å². The van der Waals surface area contributed by atoms with E-state index in [1.165, 1.54) is 5.01 Å². The van der Waals surface area contributed by atoms with Crippen molar-refractivity contribution in [2.24, 2.45) is 5.10 Å². The zero-order valence-electron chi connectivity index (χ0n) is 14.7. The highest BCUT2D eigenvalue weighted by atomic mass is 16.2. The number of carbonyl (C=O) groups is 2. The Bertz CT molecular complexity index is 871. The van der Waals surface area contributed by atoms with Gasteiger partial charge in [0.2, 0.25) is 5.91 Å². The van der Waals surface area contributed by atoms with Gasteiger partial charge in [-0.25, -0.2) is 5.01 Å². The number of aryl methyl sites for hydroxylation is 3. The maximum Gasteiger partial charge on any atom is 0.271 e. The third-order valence-electron chi connectivity index (χ3n) is 4.18. The molecule has 1 aliphatic heterocycles. The number of benzene rings is 2. The zero-order chi connectivity index (χ0) is 18.0. The molecular weight excluding hydrogens is 314 g/mol. The van der Waals surface area contributed by atoms with Gasteiger partial charge in [0.25, 0.3) is 5.91 Å². The summed E-state index contributed by atoms with van der Waals surface area (Å²) in [7, 11) is 0. The first kappa shape index (κ1) is 16.9. The minimum absolute atomic E-state index is 0.103. The molecule has 5 heteroatoms. The Hall–Kier alpha value is -2.95. The first-order valence-electron chi connectivity index (χ1n) is 8.30. The van der Waals surface area contributed by atoms with E-state index in [-0.39, 0.29) is 18.2 Å². The van der Waals surface area contributed by atoms with Crippen molar-refractivity contribution in [3.8, 4) is 0 Å². The SMILES string of the molecule is Cc1cccc(N2N=C(C(=O)Nc3cc(C)ccc3C)CCC2=O)c1. The van der Waals surface area contributed by atoms with Crippen LogP contribution in [0.5, 0.6) is 0 Å². The highest BCUT2D eigenvalue weighted by molar-refractivity contribution is 6.44. The van der Waals surface area contributed by atoms with E-state index in [2.05, 4.69) is 10.4 Å². The van der Waals surface area contributed by atoms with Crippen LogP contribution >= 0.6 is 0 Å². The number of rotatable bonds is 3. The smallest absolute Gasteiger partial charge is 0.271 e. The monoisotopic (exact) mass is 335 g/mol. The summed E-state index contributed by atoms with van der Waals surface area (Å²) in [5.74, 6) is -0.368. The molecule has 3 rings (SSSR count). The summed E-state index contributed by atoms with van der Waals surface area (Å²) in [4.78, 5) is 24.8. The van der Waals surface area contributed by atoms with Crippen molar-refractivity contribution in [2.45, 2.75) is 33.6 Å². The number of amides is 2. The van der Waals surface area contributed by atoms with Gasteiger partial charge in [0, 0.05) is 18.5 Å². The Balaban J connectivity index is 1.86. The molecule has 2 aromatic carbocycles. The molecular formula is C20H21N3O2. The van der Waals surface area contributed by atoms with Gasteiger partial charge in [0.1, 0.15) is 5.71 Å². The van der Waals surface area contributed by atoms with Crippen molar-refractivity contribution in [3.63, 3.8) is 0 Å². The Morgan fingerprint density at radius 2 is 1.80 bits per heavy atom. The van der Waals surface area contributed by atoms with Crippen molar-refractivity contribution >= 4 is 28.9 Å². The molecule has 25 heavy (non-hydrogen) atoms. The molecule has 0 bridgehead atoms. The highest BCUT2D eigenvalue weighted by Crippen LogP contribution is 2.22. The lowest BCUT2D eigenvalue weighted by atomic mass is 10.1. The van der Waals surface area contributed by atoms with Crippen LogP contribution in [0.25, 0.3) is 0 Å². The minimum Gasteiger partial charge on any atom is -0.321 e. The molecule has 5 nitrogen and oxygen atoms in total. The molecule has 0 spiro atoms. The number of hydrazone groups is 1. The summed E-state index contributed by atoms with van der Waals surface area (Å²) in [5, 5.41) is 8.55.